The van der Waals surface area contributed by atoms with Crippen LogP contribution in [0.5, 0.6) is 0 Å². The van der Waals surface area contributed by atoms with Crippen molar-refractivity contribution in [2.24, 2.45) is 0 Å². The van der Waals surface area contributed by atoms with Crippen LogP contribution in [-0.2, 0) is 31.7 Å². The van der Waals surface area contributed by atoms with Crippen molar-refractivity contribution >= 4 is 23.3 Å². The van der Waals surface area contributed by atoms with Gasteiger partial charge in [-0.25, -0.2) is 4.79 Å². The van der Waals surface area contributed by atoms with Crippen molar-refractivity contribution < 1.29 is 31.7 Å². The van der Waals surface area contributed by atoms with Gasteiger partial charge in [-0.05, 0) is 46.4 Å². The van der Waals surface area contributed by atoms with Gasteiger partial charge >= 0.3 is 23.3 Å². The maximum atomic E-state index is 11.4. The summed E-state index contributed by atoms with van der Waals surface area (Å²) in [5.41, 5.74) is 1.75. The van der Waals surface area contributed by atoms with E-state index in [2.05, 4.69) is 13.2 Å². The van der Waals surface area contributed by atoms with Gasteiger partial charge in [0.05, 0.1) is 0 Å². The third-order valence-electron chi connectivity index (χ3n) is 3.65. The van der Waals surface area contributed by atoms with E-state index in [0.717, 1.165) is 0 Å². The van der Waals surface area contributed by atoms with E-state index in [0.29, 0.717) is 31.8 Å². The summed E-state index contributed by atoms with van der Waals surface area (Å²) in [5.74, 6) is -0.394. The molecule has 0 radical (unpaired) electrons. The third-order valence-corrected chi connectivity index (χ3v) is 9.54. The first kappa shape index (κ1) is 28.4. The second-order valence-electron chi connectivity index (χ2n) is 5.61. The van der Waals surface area contributed by atoms with Crippen LogP contribution in [0, 0.1) is 0 Å². The number of carbonyl (C=O) groups excluding carboxylic acids is 1. The summed E-state index contributed by atoms with van der Waals surface area (Å²) in [6.07, 6.45) is 0.670. The Morgan fingerprint density at radius 2 is 1.41 bits per heavy atom. The largest absolute Gasteiger partial charge is 0.528 e. The highest BCUT2D eigenvalue weighted by atomic mass is 28.4. The van der Waals surface area contributed by atoms with Crippen molar-refractivity contribution in [3.8, 4) is 0 Å². The lowest BCUT2D eigenvalue weighted by Crippen LogP contribution is -2.51. The van der Waals surface area contributed by atoms with E-state index in [4.69, 9.17) is 26.9 Å². The molecule has 0 fully saturated rings. The zero-order valence-electron chi connectivity index (χ0n) is 18.3. The SMILES string of the molecule is C=C(C)C(=O)OC(CC)[Si](C)(OC)OC.C=C[Si](OCC)(OCC)OCC. The highest BCUT2D eigenvalue weighted by Gasteiger charge is 2.41. The number of hydrogen-bond donors (Lipinski definition) is 0. The highest BCUT2D eigenvalue weighted by Crippen LogP contribution is 2.18. The van der Waals surface area contributed by atoms with E-state index < -0.39 is 23.3 Å². The van der Waals surface area contributed by atoms with Gasteiger partial charge in [-0.1, -0.05) is 20.1 Å². The van der Waals surface area contributed by atoms with Crippen molar-refractivity contribution in [2.45, 2.75) is 53.3 Å². The Morgan fingerprint density at radius 3 is 1.63 bits per heavy atom. The molecule has 0 aliphatic heterocycles. The summed E-state index contributed by atoms with van der Waals surface area (Å²) in [5, 5.41) is 0. The van der Waals surface area contributed by atoms with Gasteiger partial charge in [0.15, 0.2) is 0 Å². The number of carbonyl (C=O) groups is 1. The average molecular weight is 423 g/mol. The predicted molar refractivity (Wildman–Crippen MR) is 111 cm³/mol. The van der Waals surface area contributed by atoms with E-state index in [1.165, 1.54) is 0 Å². The van der Waals surface area contributed by atoms with E-state index in [1.54, 1.807) is 26.8 Å². The van der Waals surface area contributed by atoms with Gasteiger partial charge < -0.3 is 26.9 Å². The molecule has 1 unspecified atom stereocenters. The number of rotatable bonds is 13. The first-order chi connectivity index (χ1) is 12.6. The topological polar surface area (TPSA) is 72.5 Å². The number of esters is 1. The average Bonchev–Trinajstić information content (AvgIpc) is 2.66. The zero-order valence-corrected chi connectivity index (χ0v) is 20.3. The lowest BCUT2D eigenvalue weighted by atomic mass is 10.4. The molecule has 0 N–H and O–H groups in total. The van der Waals surface area contributed by atoms with Crippen LogP contribution in [0.4, 0.5) is 0 Å². The molecule has 27 heavy (non-hydrogen) atoms. The molecular weight excluding hydrogens is 384 g/mol. The molecule has 0 aromatic carbocycles. The molecule has 0 aliphatic carbocycles. The molecule has 0 rings (SSSR count). The van der Waals surface area contributed by atoms with E-state index in [1.807, 2.05) is 34.2 Å². The maximum absolute atomic E-state index is 11.4. The fourth-order valence-corrected chi connectivity index (χ4v) is 5.61. The second-order valence-corrected chi connectivity index (χ2v) is 11.6. The molecule has 1 atom stereocenters. The Balaban J connectivity index is 0. The molecule has 9 heteroatoms. The molecule has 0 aromatic rings. The molecule has 0 spiro atoms. The monoisotopic (exact) mass is 422 g/mol. The molecule has 0 saturated heterocycles. The van der Waals surface area contributed by atoms with Crippen LogP contribution in [0.25, 0.3) is 0 Å². The molecule has 7 nitrogen and oxygen atoms in total. The summed E-state index contributed by atoms with van der Waals surface area (Å²) in [7, 11) is -1.77. The van der Waals surface area contributed by atoms with Gasteiger partial charge in [0, 0.05) is 39.6 Å². The van der Waals surface area contributed by atoms with E-state index in [9.17, 15) is 4.79 Å². The lowest BCUT2D eigenvalue weighted by Gasteiger charge is -2.30. The Kier molecular flexibility index (Phi) is 15.9. The number of ether oxygens (including phenoxy) is 1. The van der Waals surface area contributed by atoms with Gasteiger partial charge in [-0.15, -0.1) is 0 Å². The molecular formula is C18H38O7Si2. The summed E-state index contributed by atoms with van der Waals surface area (Å²) >= 11 is 0. The molecule has 0 aliphatic rings. The first-order valence-corrected chi connectivity index (χ1v) is 13.4. The van der Waals surface area contributed by atoms with E-state index >= 15 is 0 Å². The summed E-state index contributed by atoms with van der Waals surface area (Å²) in [4.78, 5) is 11.4. The van der Waals surface area contributed by atoms with Crippen LogP contribution in [0.15, 0.2) is 24.4 Å². The lowest BCUT2D eigenvalue weighted by molar-refractivity contribution is -0.142. The fraction of sp³-hybridized carbons (Fsp3) is 0.722. The normalized spacial score (nSPS) is 12.6. The van der Waals surface area contributed by atoms with Crippen molar-refractivity contribution in [3.63, 3.8) is 0 Å². The van der Waals surface area contributed by atoms with Gasteiger partial charge in [-0.3, -0.25) is 0 Å². The van der Waals surface area contributed by atoms with Crippen LogP contribution in [0.2, 0.25) is 6.55 Å². The molecule has 160 valence electrons. The third kappa shape index (κ3) is 10.3. The summed E-state index contributed by atoms with van der Waals surface area (Å²) in [6, 6.07) is 0. The van der Waals surface area contributed by atoms with Crippen LogP contribution in [-0.4, -0.2) is 63.1 Å². The van der Waals surface area contributed by atoms with Crippen LogP contribution >= 0.6 is 0 Å². The van der Waals surface area contributed by atoms with Crippen molar-refractivity contribution in [1.29, 1.82) is 0 Å². The van der Waals surface area contributed by atoms with Crippen LogP contribution < -0.4 is 0 Å². The fourth-order valence-electron chi connectivity index (χ4n) is 2.04. The predicted octanol–water partition coefficient (Wildman–Crippen LogP) is 3.55. The van der Waals surface area contributed by atoms with Crippen LogP contribution in [0.3, 0.4) is 0 Å². The first-order valence-electron chi connectivity index (χ1n) is 9.17. The zero-order chi connectivity index (χ0) is 21.5. The van der Waals surface area contributed by atoms with Crippen LogP contribution in [0.1, 0.15) is 41.0 Å². The minimum Gasteiger partial charge on any atom is -0.457 e. The maximum Gasteiger partial charge on any atom is 0.528 e. The van der Waals surface area contributed by atoms with Gasteiger partial charge in [0.25, 0.3) is 0 Å². The molecule has 0 bridgehead atoms. The smallest absolute Gasteiger partial charge is 0.457 e. The van der Waals surface area contributed by atoms with Crippen molar-refractivity contribution in [1.82, 2.24) is 0 Å². The quantitative estimate of drug-likeness (QED) is 0.255. The van der Waals surface area contributed by atoms with E-state index in [-0.39, 0.29) is 5.73 Å². The highest BCUT2D eigenvalue weighted by molar-refractivity contribution is 6.67. The summed E-state index contributed by atoms with van der Waals surface area (Å²) in [6.45, 7) is 20.2. The second kappa shape index (κ2) is 15.1. The molecule has 0 aromatic heterocycles. The Labute approximate surface area is 167 Å². The van der Waals surface area contributed by atoms with Crippen molar-refractivity contribution in [2.75, 3.05) is 34.0 Å². The molecule has 0 heterocycles. The summed E-state index contributed by atoms with van der Waals surface area (Å²) < 4.78 is 32.2. The van der Waals surface area contributed by atoms with Crippen molar-refractivity contribution in [3.05, 3.63) is 24.4 Å². The van der Waals surface area contributed by atoms with Gasteiger partial charge in [-0.2, -0.15) is 0 Å². The molecule has 0 amide bonds. The van der Waals surface area contributed by atoms with Gasteiger partial charge in [0.2, 0.25) is 0 Å². The van der Waals surface area contributed by atoms with Gasteiger partial charge in [0.1, 0.15) is 5.73 Å². The Morgan fingerprint density at radius 1 is 1.00 bits per heavy atom. The Hall–Kier alpha value is -0.816. The molecule has 0 saturated carbocycles. The Bertz CT molecular complexity index is 422. The minimum absolute atomic E-state index is 0.309. The minimum atomic E-state index is -2.51. The standard InChI is InChI=1S/C10H20O4Si.C8H18O3Si/c1-7-9(14-10(11)8(2)3)15(6,12-4)13-5;1-5-9-12(8-4,10-6-2)11-7-3/h9H,2,7H2,1,3-6H3;8H,4-7H2,1-3H3. The number of hydrogen-bond acceptors (Lipinski definition) is 7.